The summed E-state index contributed by atoms with van der Waals surface area (Å²) in [6.45, 7) is 0.0335. The van der Waals surface area contributed by atoms with Crippen LogP contribution in [-0.2, 0) is 28.7 Å². The molecule has 0 bridgehead atoms. The van der Waals surface area contributed by atoms with Crippen LogP contribution in [0.2, 0.25) is 0 Å². The zero-order chi connectivity index (χ0) is 24.4. The smallest absolute Gasteiger partial charge is 0.405 e. The molecular weight excluding hydrogens is 449 g/mol. The second-order valence-corrected chi connectivity index (χ2v) is 8.62. The van der Waals surface area contributed by atoms with Gasteiger partial charge in [-0.3, -0.25) is 24.0 Å². The summed E-state index contributed by atoms with van der Waals surface area (Å²) in [4.78, 5) is 63.5. The van der Waals surface area contributed by atoms with Crippen LogP contribution in [0.4, 0.5) is 13.2 Å². The van der Waals surface area contributed by atoms with E-state index in [1.165, 1.54) is 4.90 Å². The van der Waals surface area contributed by atoms with Crippen LogP contribution in [0.15, 0.2) is 0 Å². The lowest BCUT2D eigenvalue weighted by Gasteiger charge is -2.41. The molecule has 3 fully saturated rings. The van der Waals surface area contributed by atoms with Crippen molar-refractivity contribution in [3.05, 3.63) is 0 Å². The highest BCUT2D eigenvalue weighted by Crippen LogP contribution is 2.50. The number of esters is 1. The number of nitrogens with one attached hydrogen (secondary N) is 3. The molecule has 0 aromatic heterocycles. The Morgan fingerprint density at radius 3 is 2.30 bits per heavy atom. The molecule has 0 aromatic carbocycles. The molecule has 2 heterocycles. The molecule has 1 saturated carbocycles. The number of piperidine rings is 1. The fourth-order valence-corrected chi connectivity index (χ4v) is 4.51. The molecule has 1 atom stereocenters. The van der Waals surface area contributed by atoms with E-state index in [4.69, 9.17) is 4.74 Å². The second-order valence-electron chi connectivity index (χ2n) is 8.62. The number of hydrogen-bond acceptors (Lipinski definition) is 6. The first-order valence-electron chi connectivity index (χ1n) is 10.8. The largest absolute Gasteiger partial charge is 0.465 e. The highest BCUT2D eigenvalue weighted by molar-refractivity contribution is 6.05. The van der Waals surface area contributed by atoms with Gasteiger partial charge >= 0.3 is 12.1 Å². The Morgan fingerprint density at radius 1 is 1.12 bits per heavy atom. The van der Waals surface area contributed by atoms with Gasteiger partial charge in [-0.15, -0.1) is 0 Å². The van der Waals surface area contributed by atoms with Crippen molar-refractivity contribution in [1.29, 1.82) is 0 Å². The van der Waals surface area contributed by atoms with Crippen LogP contribution in [0.25, 0.3) is 0 Å². The summed E-state index contributed by atoms with van der Waals surface area (Å²) in [7, 11) is 0. The summed E-state index contributed by atoms with van der Waals surface area (Å²) < 4.78 is 41.6. The number of halogens is 3. The molecule has 3 rings (SSSR count). The maximum absolute atomic E-state index is 12.9. The van der Waals surface area contributed by atoms with Crippen LogP contribution in [0, 0.1) is 16.7 Å². The number of hydrogen-bond donors (Lipinski definition) is 3. The average Bonchev–Trinajstić information content (AvgIpc) is 3.52. The summed E-state index contributed by atoms with van der Waals surface area (Å²) in [5.74, 6) is -3.69. The number of ether oxygens (including phenoxy) is 1. The minimum atomic E-state index is -4.57. The first kappa shape index (κ1) is 24.8. The molecule has 2 saturated heterocycles. The minimum Gasteiger partial charge on any atom is -0.465 e. The minimum absolute atomic E-state index is 0.0234. The first-order chi connectivity index (χ1) is 15.4. The number of amides is 4. The maximum atomic E-state index is 12.9. The molecule has 3 N–H and O–H groups in total. The molecule has 13 heteroatoms. The number of carbonyl (C=O) groups is 5. The number of nitrogens with zero attached hydrogens (tertiary/aromatic N) is 1. The predicted octanol–water partition coefficient (Wildman–Crippen LogP) is -0.521. The van der Waals surface area contributed by atoms with Gasteiger partial charge < -0.3 is 25.6 Å². The second kappa shape index (κ2) is 9.18. The zero-order valence-electron chi connectivity index (χ0n) is 18.2. The van der Waals surface area contributed by atoms with E-state index >= 15 is 0 Å². The van der Waals surface area contributed by atoms with Gasteiger partial charge in [0.2, 0.25) is 23.6 Å². The lowest BCUT2D eigenvalue weighted by Crippen LogP contribution is -2.53. The average molecular weight is 476 g/mol. The van der Waals surface area contributed by atoms with Gasteiger partial charge in [0.15, 0.2) is 0 Å². The molecule has 1 spiro atoms. The van der Waals surface area contributed by atoms with E-state index < -0.39 is 53.8 Å². The third-order valence-electron chi connectivity index (χ3n) is 6.58. The molecule has 33 heavy (non-hydrogen) atoms. The standard InChI is InChI=1S/C20H27F3N4O6/c1-2-33-17(32)19(3-4-19)16(31)27-7-5-18(6-8-27)12(9-25-15(18)30)14(29)24-10-13(28)26-11-20(21,22)23/h12H,2-11H2,1H3,(H,24,29)(H,25,30)(H,26,28). The van der Waals surface area contributed by atoms with Crippen molar-refractivity contribution in [3.63, 3.8) is 0 Å². The number of likely N-dealkylation sites (tertiary alicyclic amines) is 1. The summed E-state index contributed by atoms with van der Waals surface area (Å²) in [6, 6.07) is 0. The van der Waals surface area contributed by atoms with E-state index in [1.807, 2.05) is 0 Å². The third-order valence-corrected chi connectivity index (χ3v) is 6.58. The Bertz CT molecular complexity index is 834. The quantitative estimate of drug-likeness (QED) is 0.335. The van der Waals surface area contributed by atoms with Gasteiger partial charge in [0.05, 0.1) is 24.5 Å². The van der Waals surface area contributed by atoms with E-state index in [-0.39, 0.29) is 50.9 Å². The third kappa shape index (κ3) is 5.06. The monoisotopic (exact) mass is 476 g/mol. The van der Waals surface area contributed by atoms with Gasteiger partial charge in [0, 0.05) is 19.6 Å². The van der Waals surface area contributed by atoms with Gasteiger partial charge in [-0.05, 0) is 32.6 Å². The Balaban J connectivity index is 1.57. The topological polar surface area (TPSA) is 134 Å². The lowest BCUT2D eigenvalue weighted by atomic mass is 9.69. The molecule has 3 aliphatic rings. The molecule has 1 unspecified atom stereocenters. The van der Waals surface area contributed by atoms with Gasteiger partial charge in [-0.2, -0.15) is 13.2 Å². The summed E-state index contributed by atoms with van der Waals surface area (Å²) in [5, 5.41) is 6.60. The fourth-order valence-electron chi connectivity index (χ4n) is 4.51. The Morgan fingerprint density at radius 2 is 1.76 bits per heavy atom. The van der Waals surface area contributed by atoms with E-state index in [0.717, 1.165) is 0 Å². The SMILES string of the molecule is CCOC(=O)C1(C(=O)N2CCC3(CC2)C(=O)NCC3C(=O)NCC(=O)NCC(F)(F)F)CC1. The van der Waals surface area contributed by atoms with Crippen LogP contribution in [0.1, 0.15) is 32.6 Å². The van der Waals surface area contributed by atoms with Gasteiger partial charge in [-0.25, -0.2) is 0 Å². The number of rotatable bonds is 7. The Labute approximate surface area is 187 Å². The van der Waals surface area contributed by atoms with Crippen molar-refractivity contribution >= 4 is 29.6 Å². The van der Waals surface area contributed by atoms with E-state index in [9.17, 15) is 37.1 Å². The first-order valence-corrected chi connectivity index (χ1v) is 10.8. The van der Waals surface area contributed by atoms with E-state index in [2.05, 4.69) is 10.6 Å². The normalized spacial score (nSPS) is 23.0. The molecule has 2 aliphatic heterocycles. The van der Waals surface area contributed by atoms with Crippen LogP contribution in [-0.4, -0.2) is 80.0 Å². The summed E-state index contributed by atoms with van der Waals surface area (Å²) in [5.41, 5.74) is -2.25. The molecule has 184 valence electrons. The highest BCUT2D eigenvalue weighted by atomic mass is 19.4. The van der Waals surface area contributed by atoms with Crippen LogP contribution >= 0.6 is 0 Å². The van der Waals surface area contributed by atoms with Gasteiger partial charge in [0.1, 0.15) is 12.0 Å². The fraction of sp³-hybridized carbons (Fsp3) is 0.750. The van der Waals surface area contributed by atoms with Crippen LogP contribution < -0.4 is 16.0 Å². The van der Waals surface area contributed by atoms with Crippen molar-refractivity contribution < 1.29 is 41.9 Å². The molecular formula is C20H27F3N4O6. The molecule has 0 radical (unpaired) electrons. The summed E-state index contributed by atoms with van der Waals surface area (Å²) >= 11 is 0. The van der Waals surface area contributed by atoms with Crippen molar-refractivity contribution in [3.8, 4) is 0 Å². The van der Waals surface area contributed by atoms with E-state index in [1.54, 1.807) is 12.2 Å². The molecule has 0 aromatic rings. The highest BCUT2D eigenvalue weighted by Gasteiger charge is 2.61. The van der Waals surface area contributed by atoms with Crippen LogP contribution in [0.5, 0.6) is 0 Å². The molecule has 10 nitrogen and oxygen atoms in total. The van der Waals surface area contributed by atoms with Crippen molar-refractivity contribution in [2.24, 2.45) is 16.7 Å². The number of carbonyl (C=O) groups excluding carboxylic acids is 5. The van der Waals surface area contributed by atoms with Crippen molar-refractivity contribution in [2.75, 3.05) is 39.3 Å². The number of alkyl halides is 3. The van der Waals surface area contributed by atoms with Crippen LogP contribution in [0.3, 0.4) is 0 Å². The maximum Gasteiger partial charge on any atom is 0.405 e. The Hall–Kier alpha value is -2.86. The lowest BCUT2D eigenvalue weighted by molar-refractivity contribution is -0.159. The van der Waals surface area contributed by atoms with E-state index in [0.29, 0.717) is 12.8 Å². The zero-order valence-corrected chi connectivity index (χ0v) is 18.2. The van der Waals surface area contributed by atoms with Gasteiger partial charge in [-0.1, -0.05) is 0 Å². The van der Waals surface area contributed by atoms with Crippen molar-refractivity contribution in [1.82, 2.24) is 20.9 Å². The Kier molecular flexibility index (Phi) is 6.89. The van der Waals surface area contributed by atoms with Gasteiger partial charge in [0.25, 0.3) is 0 Å². The summed E-state index contributed by atoms with van der Waals surface area (Å²) in [6.07, 6.45) is -3.38. The molecule has 1 aliphatic carbocycles. The predicted molar refractivity (Wildman–Crippen MR) is 105 cm³/mol. The molecule has 4 amide bonds. The van der Waals surface area contributed by atoms with Crippen molar-refractivity contribution in [2.45, 2.75) is 38.8 Å².